The van der Waals surface area contributed by atoms with E-state index in [1.54, 1.807) is 4.68 Å². The monoisotopic (exact) mass is 166 g/mol. The van der Waals surface area contributed by atoms with Crippen LogP contribution in [0.1, 0.15) is 18.1 Å². The zero-order valence-electron chi connectivity index (χ0n) is 6.86. The molecule has 2 rings (SSSR count). The van der Waals surface area contributed by atoms with Gasteiger partial charge >= 0.3 is 0 Å². The van der Waals surface area contributed by atoms with Gasteiger partial charge < -0.3 is 5.11 Å². The second-order valence-electron chi connectivity index (χ2n) is 2.80. The molecule has 0 unspecified atom stereocenters. The van der Waals surface area contributed by atoms with E-state index in [1.807, 2.05) is 6.92 Å². The van der Waals surface area contributed by atoms with Crippen LogP contribution < -0.4 is 0 Å². The lowest BCUT2D eigenvalue weighted by Gasteiger charge is -2.10. The molecule has 12 heavy (non-hydrogen) atoms. The molecule has 0 saturated carbocycles. The summed E-state index contributed by atoms with van der Waals surface area (Å²) in [6, 6.07) is 0. The third-order valence-electron chi connectivity index (χ3n) is 1.92. The highest BCUT2D eigenvalue weighted by Crippen LogP contribution is 2.10. The van der Waals surface area contributed by atoms with Gasteiger partial charge in [-0.05, 0) is 13.3 Å². The summed E-state index contributed by atoms with van der Waals surface area (Å²) in [5.41, 5.74) is 0.797. The van der Waals surface area contributed by atoms with E-state index in [4.69, 9.17) is 5.11 Å². The molecule has 5 heteroatoms. The smallest absolute Gasteiger partial charge is 0.154 e. The Balaban J connectivity index is 2.44. The SMILES string of the molecule is Cc1nnc2n1N=C(CO)CC2. The molecule has 1 aromatic rings. The topological polar surface area (TPSA) is 63.3 Å². The van der Waals surface area contributed by atoms with E-state index in [9.17, 15) is 0 Å². The Kier molecular flexibility index (Phi) is 1.65. The van der Waals surface area contributed by atoms with Gasteiger partial charge in [-0.1, -0.05) is 0 Å². The summed E-state index contributed by atoms with van der Waals surface area (Å²) in [5.74, 6) is 1.65. The fourth-order valence-electron chi connectivity index (χ4n) is 1.25. The first-order valence-electron chi connectivity index (χ1n) is 3.89. The molecule has 0 aliphatic carbocycles. The molecule has 5 nitrogen and oxygen atoms in total. The summed E-state index contributed by atoms with van der Waals surface area (Å²) in [5, 5.41) is 20.9. The van der Waals surface area contributed by atoms with Gasteiger partial charge in [-0.3, -0.25) is 0 Å². The molecule has 0 atom stereocenters. The molecule has 0 spiro atoms. The van der Waals surface area contributed by atoms with Crippen LogP contribution in [0.5, 0.6) is 0 Å². The zero-order valence-corrected chi connectivity index (χ0v) is 6.86. The van der Waals surface area contributed by atoms with Gasteiger partial charge in [0.1, 0.15) is 0 Å². The molecule has 1 aliphatic heterocycles. The Hall–Kier alpha value is -1.23. The van der Waals surface area contributed by atoms with Crippen LogP contribution >= 0.6 is 0 Å². The summed E-state index contributed by atoms with van der Waals surface area (Å²) in [6.07, 6.45) is 1.61. The van der Waals surface area contributed by atoms with Gasteiger partial charge in [0.15, 0.2) is 11.6 Å². The van der Waals surface area contributed by atoms with Crippen molar-refractivity contribution in [2.75, 3.05) is 6.61 Å². The summed E-state index contributed by atoms with van der Waals surface area (Å²) < 4.78 is 1.69. The van der Waals surface area contributed by atoms with Gasteiger partial charge in [0.25, 0.3) is 0 Å². The number of fused-ring (bicyclic) bond motifs is 1. The Bertz CT molecular complexity index is 328. The van der Waals surface area contributed by atoms with Crippen molar-refractivity contribution in [3.8, 4) is 0 Å². The molecule has 1 aromatic heterocycles. The largest absolute Gasteiger partial charge is 0.390 e. The molecule has 1 N–H and O–H groups in total. The molecular formula is C7H10N4O. The van der Waals surface area contributed by atoms with Crippen molar-refractivity contribution in [1.82, 2.24) is 14.9 Å². The Morgan fingerprint density at radius 1 is 1.42 bits per heavy atom. The maximum atomic E-state index is 8.86. The van der Waals surface area contributed by atoms with E-state index in [2.05, 4.69) is 15.3 Å². The number of hydrogen-bond acceptors (Lipinski definition) is 4. The Morgan fingerprint density at radius 3 is 3.00 bits per heavy atom. The number of aryl methyl sites for hydroxylation is 2. The summed E-state index contributed by atoms with van der Waals surface area (Å²) >= 11 is 0. The predicted molar refractivity (Wildman–Crippen MR) is 43.0 cm³/mol. The van der Waals surface area contributed by atoms with Gasteiger partial charge in [-0.15, -0.1) is 10.2 Å². The molecule has 0 aromatic carbocycles. The molecule has 2 heterocycles. The van der Waals surface area contributed by atoms with Gasteiger partial charge in [-0.25, -0.2) is 4.68 Å². The molecule has 0 amide bonds. The minimum Gasteiger partial charge on any atom is -0.390 e. The van der Waals surface area contributed by atoms with Crippen molar-refractivity contribution in [2.45, 2.75) is 19.8 Å². The van der Waals surface area contributed by atoms with Crippen LogP contribution in [0.25, 0.3) is 0 Å². The van der Waals surface area contributed by atoms with Crippen molar-refractivity contribution in [3.05, 3.63) is 11.6 Å². The summed E-state index contributed by atoms with van der Waals surface area (Å²) in [6.45, 7) is 1.87. The highest BCUT2D eigenvalue weighted by atomic mass is 16.3. The van der Waals surface area contributed by atoms with Gasteiger partial charge in [0, 0.05) is 6.42 Å². The number of aliphatic hydroxyl groups is 1. The van der Waals surface area contributed by atoms with Crippen LogP contribution in [-0.2, 0) is 6.42 Å². The lowest BCUT2D eigenvalue weighted by atomic mass is 10.2. The third-order valence-corrected chi connectivity index (χ3v) is 1.92. The van der Waals surface area contributed by atoms with E-state index < -0.39 is 0 Å². The van der Waals surface area contributed by atoms with Crippen molar-refractivity contribution < 1.29 is 5.11 Å². The van der Waals surface area contributed by atoms with Crippen LogP contribution in [-0.4, -0.2) is 32.3 Å². The van der Waals surface area contributed by atoms with E-state index in [0.717, 1.165) is 30.2 Å². The fraction of sp³-hybridized carbons (Fsp3) is 0.571. The van der Waals surface area contributed by atoms with Crippen molar-refractivity contribution >= 4 is 5.71 Å². The highest BCUT2D eigenvalue weighted by molar-refractivity contribution is 5.86. The first-order chi connectivity index (χ1) is 5.81. The minimum absolute atomic E-state index is 0.0249. The lowest BCUT2D eigenvalue weighted by Crippen LogP contribution is -2.16. The van der Waals surface area contributed by atoms with Crippen LogP contribution in [0, 0.1) is 6.92 Å². The maximum absolute atomic E-state index is 8.86. The van der Waals surface area contributed by atoms with Crippen LogP contribution in [0.4, 0.5) is 0 Å². The second-order valence-corrected chi connectivity index (χ2v) is 2.80. The number of hydrogen-bond donors (Lipinski definition) is 1. The van der Waals surface area contributed by atoms with E-state index >= 15 is 0 Å². The number of aromatic nitrogens is 3. The first-order valence-corrected chi connectivity index (χ1v) is 3.89. The normalized spacial score (nSPS) is 15.7. The Morgan fingerprint density at radius 2 is 2.25 bits per heavy atom. The molecule has 0 bridgehead atoms. The molecular weight excluding hydrogens is 156 g/mol. The minimum atomic E-state index is 0.0249. The van der Waals surface area contributed by atoms with Crippen LogP contribution in [0.3, 0.4) is 0 Å². The average molecular weight is 166 g/mol. The fourth-order valence-corrected chi connectivity index (χ4v) is 1.25. The van der Waals surface area contributed by atoms with Crippen molar-refractivity contribution in [1.29, 1.82) is 0 Å². The van der Waals surface area contributed by atoms with E-state index in [1.165, 1.54) is 0 Å². The molecule has 0 fully saturated rings. The highest BCUT2D eigenvalue weighted by Gasteiger charge is 2.14. The summed E-state index contributed by atoms with van der Waals surface area (Å²) in [4.78, 5) is 0. The predicted octanol–water partition coefficient (Wildman–Crippen LogP) is -0.271. The Labute approximate surface area is 69.7 Å². The zero-order chi connectivity index (χ0) is 8.55. The maximum Gasteiger partial charge on any atom is 0.154 e. The summed E-state index contributed by atoms with van der Waals surface area (Å²) in [7, 11) is 0. The van der Waals surface area contributed by atoms with Gasteiger partial charge in [0.05, 0.1) is 12.3 Å². The third kappa shape index (κ3) is 1.02. The molecule has 1 aliphatic rings. The second kappa shape index (κ2) is 2.67. The average Bonchev–Trinajstić information content (AvgIpc) is 2.47. The molecule has 0 saturated heterocycles. The van der Waals surface area contributed by atoms with Crippen LogP contribution in [0.2, 0.25) is 0 Å². The van der Waals surface area contributed by atoms with Crippen molar-refractivity contribution in [3.63, 3.8) is 0 Å². The van der Waals surface area contributed by atoms with Crippen molar-refractivity contribution in [2.24, 2.45) is 5.10 Å². The first kappa shape index (κ1) is 7.42. The number of rotatable bonds is 1. The van der Waals surface area contributed by atoms with Gasteiger partial charge in [-0.2, -0.15) is 5.10 Å². The van der Waals surface area contributed by atoms with E-state index in [-0.39, 0.29) is 6.61 Å². The van der Waals surface area contributed by atoms with Gasteiger partial charge in [0.2, 0.25) is 0 Å². The van der Waals surface area contributed by atoms with E-state index in [0.29, 0.717) is 0 Å². The number of nitrogens with zero attached hydrogens (tertiary/aromatic N) is 4. The molecule has 64 valence electrons. The number of aliphatic hydroxyl groups excluding tert-OH is 1. The quantitative estimate of drug-likeness (QED) is 0.624. The molecule has 0 radical (unpaired) electrons. The lowest BCUT2D eigenvalue weighted by molar-refractivity contribution is 0.352. The standard InChI is InChI=1S/C7H10N4O/c1-5-8-9-7-3-2-6(4-12)10-11(5)7/h12H,2-4H2,1H3. The van der Waals surface area contributed by atoms with Crippen LogP contribution in [0.15, 0.2) is 5.10 Å².